The van der Waals surface area contributed by atoms with Gasteiger partial charge in [0.25, 0.3) is 5.91 Å². The standard InChI is InChI=1S/C29H39N5O8/c1-28(2,3)31-11-17(35)32-15-10-16(33(4)5)13-8-12-9-14-21(34(6)7)24(38)20(27(30)41)26(40)29(14,42)25(39)18(12)23(37)19(13)22(15)36/h10,12,14,21,31,36,38-39,42H,8-9,11H2,1-7H3,(H2,30,41)(H,32,35)/t12?,14-,21-,29-/m0/s1. The van der Waals surface area contributed by atoms with Crippen LogP contribution in [0.5, 0.6) is 5.75 Å². The predicted octanol–water partition coefficient (Wildman–Crippen LogP) is 0.513. The molecule has 4 atom stereocenters. The minimum Gasteiger partial charge on any atom is -0.510 e. The monoisotopic (exact) mass is 585 g/mol. The summed E-state index contributed by atoms with van der Waals surface area (Å²) in [7, 11) is 6.62. The molecule has 42 heavy (non-hydrogen) atoms. The number of aromatic hydroxyl groups is 1. The molecule has 228 valence electrons. The number of nitrogens with zero attached hydrogens (tertiary/aromatic N) is 2. The molecular formula is C29H39N5O8. The van der Waals surface area contributed by atoms with Crippen LogP contribution in [0.15, 0.2) is 28.7 Å². The van der Waals surface area contributed by atoms with Crippen LogP contribution in [0.4, 0.5) is 11.4 Å². The molecule has 3 aliphatic rings. The van der Waals surface area contributed by atoms with Gasteiger partial charge in [-0.1, -0.05) is 0 Å². The average molecular weight is 586 g/mol. The summed E-state index contributed by atoms with van der Waals surface area (Å²) in [5.41, 5.74) is 1.96. The Morgan fingerprint density at radius 2 is 1.74 bits per heavy atom. The normalized spacial score (nSPS) is 25.7. The summed E-state index contributed by atoms with van der Waals surface area (Å²) in [4.78, 5) is 55.6. The van der Waals surface area contributed by atoms with E-state index >= 15 is 0 Å². The number of anilines is 2. The van der Waals surface area contributed by atoms with E-state index in [1.165, 1.54) is 4.90 Å². The lowest BCUT2D eigenvalue weighted by Crippen LogP contribution is -2.63. The number of Topliss-reactive ketones (excluding diaryl/α,β-unsaturated/α-hetero) is 2. The fourth-order valence-corrected chi connectivity index (χ4v) is 6.33. The maximum Gasteiger partial charge on any atom is 0.255 e. The van der Waals surface area contributed by atoms with Crippen molar-refractivity contribution in [3.8, 4) is 5.75 Å². The van der Waals surface area contributed by atoms with E-state index < -0.39 is 69.7 Å². The molecule has 13 heteroatoms. The molecule has 0 heterocycles. The van der Waals surface area contributed by atoms with Gasteiger partial charge in [-0.2, -0.15) is 0 Å². The third-order valence-electron chi connectivity index (χ3n) is 8.23. The van der Waals surface area contributed by atoms with Gasteiger partial charge in [0.05, 0.1) is 23.8 Å². The minimum atomic E-state index is -2.73. The molecular weight excluding hydrogens is 546 g/mol. The van der Waals surface area contributed by atoms with Crippen molar-refractivity contribution in [3.05, 3.63) is 39.9 Å². The number of fused-ring (bicyclic) bond motifs is 3. The van der Waals surface area contributed by atoms with Gasteiger partial charge in [-0.05, 0) is 65.3 Å². The zero-order chi connectivity index (χ0) is 31.6. The number of nitrogens with two attached hydrogens (primary N) is 1. The highest BCUT2D eigenvalue weighted by atomic mass is 16.3. The van der Waals surface area contributed by atoms with Crippen molar-refractivity contribution in [2.45, 2.75) is 50.8 Å². The third kappa shape index (κ3) is 4.80. The van der Waals surface area contributed by atoms with E-state index in [2.05, 4.69) is 10.6 Å². The predicted molar refractivity (Wildman–Crippen MR) is 154 cm³/mol. The van der Waals surface area contributed by atoms with E-state index in [0.29, 0.717) is 11.3 Å². The van der Waals surface area contributed by atoms with Crippen molar-refractivity contribution in [3.63, 3.8) is 0 Å². The highest BCUT2D eigenvalue weighted by molar-refractivity contribution is 6.25. The first-order chi connectivity index (χ1) is 19.3. The van der Waals surface area contributed by atoms with Gasteiger partial charge in [-0.15, -0.1) is 0 Å². The first-order valence-corrected chi connectivity index (χ1v) is 13.6. The number of carbonyl (C=O) groups excluding carboxylic acids is 4. The van der Waals surface area contributed by atoms with Crippen LogP contribution in [0.3, 0.4) is 0 Å². The molecule has 1 aromatic rings. The molecule has 0 fully saturated rings. The van der Waals surface area contributed by atoms with Crippen molar-refractivity contribution < 1.29 is 39.6 Å². The van der Waals surface area contributed by atoms with Crippen LogP contribution in [-0.2, 0) is 20.8 Å². The van der Waals surface area contributed by atoms with E-state index in [1.807, 2.05) is 20.8 Å². The number of amides is 2. The van der Waals surface area contributed by atoms with Gasteiger partial charge in [0.15, 0.2) is 17.1 Å². The van der Waals surface area contributed by atoms with E-state index in [-0.39, 0.29) is 41.7 Å². The van der Waals surface area contributed by atoms with Crippen LogP contribution in [0, 0.1) is 11.8 Å². The fraction of sp³-hybridized carbons (Fsp3) is 0.517. The molecule has 0 bridgehead atoms. The van der Waals surface area contributed by atoms with Gasteiger partial charge in [0.2, 0.25) is 11.7 Å². The molecule has 0 aliphatic heterocycles. The first-order valence-electron chi connectivity index (χ1n) is 13.6. The number of likely N-dealkylation sites (N-methyl/N-ethyl adjacent to an activating group) is 1. The summed E-state index contributed by atoms with van der Waals surface area (Å²) in [6, 6.07) is 0.487. The van der Waals surface area contributed by atoms with Crippen LogP contribution < -0.4 is 21.3 Å². The lowest BCUT2D eigenvalue weighted by molar-refractivity contribution is -0.148. The Hall–Kier alpha value is -3.94. The first kappa shape index (κ1) is 31.0. The number of ketones is 2. The van der Waals surface area contributed by atoms with Crippen molar-refractivity contribution in [1.82, 2.24) is 10.2 Å². The Balaban J connectivity index is 1.87. The number of hydrogen-bond donors (Lipinski definition) is 7. The number of hydrogen-bond acceptors (Lipinski definition) is 11. The zero-order valence-corrected chi connectivity index (χ0v) is 24.8. The second kappa shape index (κ2) is 10.4. The highest BCUT2D eigenvalue weighted by Crippen LogP contribution is 2.53. The molecule has 0 spiro atoms. The van der Waals surface area contributed by atoms with Crippen molar-refractivity contribution in [2.75, 3.05) is 45.0 Å². The molecule has 13 nitrogen and oxygen atoms in total. The molecule has 0 saturated carbocycles. The molecule has 3 aliphatic carbocycles. The number of allylic oxidation sites excluding steroid dienone is 1. The lowest BCUT2D eigenvalue weighted by Gasteiger charge is -2.50. The molecule has 0 aromatic heterocycles. The summed E-state index contributed by atoms with van der Waals surface area (Å²) < 4.78 is 0. The Kier molecular flexibility index (Phi) is 7.68. The summed E-state index contributed by atoms with van der Waals surface area (Å²) in [6.07, 6.45) is 0.117. The Bertz CT molecular complexity index is 1450. The van der Waals surface area contributed by atoms with E-state index in [4.69, 9.17) is 5.73 Å². The molecule has 1 aromatic carbocycles. The zero-order valence-electron chi connectivity index (χ0n) is 24.8. The highest BCUT2D eigenvalue weighted by Gasteiger charge is 2.63. The van der Waals surface area contributed by atoms with Gasteiger partial charge in [-0.25, -0.2) is 0 Å². The van der Waals surface area contributed by atoms with Crippen LogP contribution >= 0.6 is 0 Å². The van der Waals surface area contributed by atoms with Gasteiger partial charge >= 0.3 is 0 Å². The van der Waals surface area contributed by atoms with Gasteiger partial charge in [0, 0.05) is 36.8 Å². The number of benzene rings is 1. The second-order valence-corrected chi connectivity index (χ2v) is 12.7. The van der Waals surface area contributed by atoms with Crippen molar-refractivity contribution >= 4 is 34.8 Å². The van der Waals surface area contributed by atoms with Crippen molar-refractivity contribution in [1.29, 1.82) is 0 Å². The second-order valence-electron chi connectivity index (χ2n) is 12.7. The maximum atomic E-state index is 14.1. The number of primary amides is 1. The van der Waals surface area contributed by atoms with Crippen LogP contribution in [-0.4, -0.2) is 101 Å². The SMILES string of the molecule is CN(C)c1cc(NC(=O)CNC(C)(C)C)c(O)c2c1CC1C[C@H]3[C@H](N(C)C)C(O)=C(C(N)=O)C(=O)[C@@]3(O)C(O)=C1C2=O. The molecule has 2 amide bonds. The van der Waals surface area contributed by atoms with E-state index in [0.717, 1.165) is 0 Å². The number of aliphatic hydroxyl groups is 3. The molecule has 1 unspecified atom stereocenters. The Morgan fingerprint density at radius 1 is 1.12 bits per heavy atom. The smallest absolute Gasteiger partial charge is 0.255 e. The largest absolute Gasteiger partial charge is 0.510 e. The van der Waals surface area contributed by atoms with Crippen LogP contribution in [0.25, 0.3) is 0 Å². The molecule has 4 rings (SSSR count). The Morgan fingerprint density at radius 3 is 2.26 bits per heavy atom. The minimum absolute atomic E-state index is 0.0175. The quantitative estimate of drug-likeness (QED) is 0.181. The number of nitrogens with one attached hydrogen (secondary N) is 2. The maximum absolute atomic E-state index is 14.1. The summed E-state index contributed by atoms with van der Waals surface area (Å²) in [5, 5.41) is 51.1. The Labute approximate surface area is 243 Å². The average Bonchev–Trinajstić information content (AvgIpc) is 2.85. The lowest BCUT2D eigenvalue weighted by atomic mass is 9.58. The summed E-state index contributed by atoms with van der Waals surface area (Å²) in [6.45, 7) is 5.60. The number of carbonyl (C=O) groups is 4. The molecule has 0 radical (unpaired) electrons. The summed E-state index contributed by atoms with van der Waals surface area (Å²) in [5.74, 6) is -7.79. The van der Waals surface area contributed by atoms with Gasteiger partial charge in [-0.3, -0.25) is 24.1 Å². The third-order valence-corrected chi connectivity index (χ3v) is 8.23. The molecule has 8 N–H and O–H groups in total. The number of phenols is 1. The van der Waals surface area contributed by atoms with Crippen LogP contribution in [0.2, 0.25) is 0 Å². The topological polar surface area (TPSA) is 206 Å². The van der Waals surface area contributed by atoms with E-state index in [9.17, 15) is 39.6 Å². The summed E-state index contributed by atoms with van der Waals surface area (Å²) >= 11 is 0. The van der Waals surface area contributed by atoms with Gasteiger partial charge < -0.3 is 41.7 Å². The van der Waals surface area contributed by atoms with Crippen molar-refractivity contribution in [2.24, 2.45) is 17.6 Å². The number of phenolic OH excluding ortho intramolecular Hbond substituents is 1. The van der Waals surface area contributed by atoms with E-state index in [1.54, 1.807) is 39.2 Å². The molecule has 0 saturated heterocycles. The number of rotatable bonds is 6. The van der Waals surface area contributed by atoms with Crippen LogP contribution in [0.1, 0.15) is 43.1 Å². The van der Waals surface area contributed by atoms with Gasteiger partial charge in [0.1, 0.15) is 17.1 Å². The number of aliphatic hydroxyl groups excluding tert-OH is 2. The fourth-order valence-electron chi connectivity index (χ4n) is 6.33.